The maximum absolute atomic E-state index is 5.01. The molecule has 0 radical (unpaired) electrons. The molecule has 40 heavy (non-hydrogen) atoms. The molecule has 0 aromatic carbocycles. The summed E-state index contributed by atoms with van der Waals surface area (Å²) >= 11 is 0. The zero-order valence-corrected chi connectivity index (χ0v) is 25.1. The van der Waals surface area contributed by atoms with Crippen LogP contribution in [0.15, 0.2) is 67.5 Å². The SMILES string of the molecule is C1=CNCC1.C1=CNCC1.C1CCNC1.C1CCNCC1.C1COCCN1.Cc1cnn(C)c1.c1ccncc1. The van der Waals surface area contributed by atoms with Gasteiger partial charge < -0.3 is 31.3 Å². The highest BCUT2D eigenvalue weighted by Crippen LogP contribution is 1.96. The number of nitrogens with one attached hydrogen (secondary N) is 5. The van der Waals surface area contributed by atoms with Gasteiger partial charge in [0.2, 0.25) is 0 Å². The normalized spacial score (nSPS) is 17.9. The van der Waals surface area contributed by atoms with Crippen LogP contribution in [0.25, 0.3) is 0 Å². The Morgan fingerprint density at radius 3 is 1.35 bits per heavy atom. The summed E-state index contributed by atoms with van der Waals surface area (Å²) in [7, 11) is 1.91. The average Bonchev–Trinajstić information content (AvgIpc) is 3.89. The fourth-order valence-corrected chi connectivity index (χ4v) is 3.63. The molecule has 9 heteroatoms. The monoisotopic (exact) mass is 556 g/mol. The number of piperidine rings is 1. The number of aryl methyl sites for hydroxylation is 2. The lowest BCUT2D eigenvalue weighted by Gasteiger charge is -2.10. The zero-order chi connectivity index (χ0) is 28.6. The smallest absolute Gasteiger partial charge is 0.0591 e. The summed E-state index contributed by atoms with van der Waals surface area (Å²) in [6.45, 7) is 13.1. The molecule has 9 nitrogen and oxygen atoms in total. The second kappa shape index (κ2) is 29.3. The van der Waals surface area contributed by atoms with Gasteiger partial charge in [-0.2, -0.15) is 5.10 Å². The molecule has 0 spiro atoms. The number of hydrogen-bond donors (Lipinski definition) is 5. The first-order chi connectivity index (χ1) is 19.8. The summed E-state index contributed by atoms with van der Waals surface area (Å²) < 4.78 is 6.79. The highest BCUT2D eigenvalue weighted by atomic mass is 16.5. The van der Waals surface area contributed by atoms with E-state index in [2.05, 4.69) is 48.8 Å². The van der Waals surface area contributed by atoms with E-state index >= 15 is 0 Å². The van der Waals surface area contributed by atoms with Crippen LogP contribution in [0.5, 0.6) is 0 Å². The number of ether oxygens (including phenoxy) is 1. The Morgan fingerprint density at radius 2 is 1.20 bits per heavy atom. The minimum absolute atomic E-state index is 0.889. The van der Waals surface area contributed by atoms with Crippen molar-refractivity contribution in [2.45, 2.75) is 51.9 Å². The van der Waals surface area contributed by atoms with Gasteiger partial charge in [0.1, 0.15) is 0 Å². The molecule has 7 heterocycles. The maximum Gasteiger partial charge on any atom is 0.0591 e. The second-order valence-electron chi connectivity index (χ2n) is 9.64. The van der Waals surface area contributed by atoms with Crippen molar-refractivity contribution in [1.29, 1.82) is 0 Å². The molecule has 3 saturated heterocycles. The molecule has 0 unspecified atom stereocenters. The third kappa shape index (κ3) is 26.9. The van der Waals surface area contributed by atoms with Crippen molar-refractivity contribution in [3.05, 3.63) is 73.1 Å². The number of morpholine rings is 1. The molecule has 0 amide bonds. The topological polar surface area (TPSA) is 100 Å². The van der Waals surface area contributed by atoms with E-state index in [0.29, 0.717) is 0 Å². The fraction of sp³-hybridized carbons (Fsp3) is 0.613. The van der Waals surface area contributed by atoms with Crippen molar-refractivity contribution >= 4 is 0 Å². The van der Waals surface area contributed by atoms with E-state index in [0.717, 1.165) is 39.4 Å². The van der Waals surface area contributed by atoms with Crippen LogP contribution in [-0.4, -0.2) is 80.3 Å². The van der Waals surface area contributed by atoms with Gasteiger partial charge in [-0.05, 0) is 102 Å². The first-order valence-electron chi connectivity index (χ1n) is 15.1. The van der Waals surface area contributed by atoms with Crippen LogP contribution in [0.1, 0.15) is 50.5 Å². The van der Waals surface area contributed by atoms with E-state index in [1.54, 1.807) is 17.1 Å². The van der Waals surface area contributed by atoms with Crippen LogP contribution >= 0.6 is 0 Å². The van der Waals surface area contributed by atoms with Crippen molar-refractivity contribution in [3.63, 3.8) is 0 Å². The summed E-state index contributed by atoms with van der Waals surface area (Å²) in [5.41, 5.74) is 1.21. The highest BCUT2D eigenvalue weighted by molar-refractivity contribution is 4.98. The molecule has 0 atom stereocenters. The van der Waals surface area contributed by atoms with Gasteiger partial charge in [0, 0.05) is 51.8 Å². The van der Waals surface area contributed by atoms with Crippen molar-refractivity contribution in [2.24, 2.45) is 7.05 Å². The number of aromatic nitrogens is 3. The maximum atomic E-state index is 5.01. The summed E-state index contributed by atoms with van der Waals surface area (Å²) in [4.78, 5) is 3.78. The van der Waals surface area contributed by atoms with Crippen molar-refractivity contribution in [1.82, 2.24) is 41.3 Å². The molecule has 2 aromatic rings. The van der Waals surface area contributed by atoms with Gasteiger partial charge in [-0.15, -0.1) is 0 Å². The van der Waals surface area contributed by atoms with Gasteiger partial charge in [-0.1, -0.05) is 24.6 Å². The molecule has 3 fully saturated rings. The number of hydrogen-bond acceptors (Lipinski definition) is 8. The highest BCUT2D eigenvalue weighted by Gasteiger charge is 1.94. The molecule has 0 bridgehead atoms. The van der Waals surface area contributed by atoms with Crippen molar-refractivity contribution < 1.29 is 4.74 Å². The van der Waals surface area contributed by atoms with Crippen LogP contribution in [-0.2, 0) is 11.8 Å². The summed E-state index contributed by atoms with van der Waals surface area (Å²) in [6.07, 6.45) is 24.9. The molecule has 226 valence electrons. The summed E-state index contributed by atoms with van der Waals surface area (Å²) in [5.74, 6) is 0. The average molecular weight is 557 g/mol. The minimum atomic E-state index is 0.889. The molecule has 2 aromatic heterocycles. The Labute approximate surface area is 243 Å². The van der Waals surface area contributed by atoms with Crippen LogP contribution in [0.3, 0.4) is 0 Å². The van der Waals surface area contributed by atoms with Gasteiger partial charge >= 0.3 is 0 Å². The Kier molecular flexibility index (Phi) is 25.8. The Bertz CT molecular complexity index is 687. The summed E-state index contributed by atoms with van der Waals surface area (Å²) in [6, 6.07) is 5.72. The minimum Gasteiger partial charge on any atom is -0.391 e. The van der Waals surface area contributed by atoms with Gasteiger partial charge in [0.05, 0.1) is 19.4 Å². The van der Waals surface area contributed by atoms with Crippen molar-refractivity contribution in [2.75, 3.05) is 65.6 Å². The quantitative estimate of drug-likeness (QED) is 0.336. The molecule has 5 N–H and O–H groups in total. The molecule has 5 aliphatic rings. The predicted molar refractivity (Wildman–Crippen MR) is 168 cm³/mol. The number of nitrogens with zero attached hydrogens (tertiary/aromatic N) is 3. The molecule has 0 saturated carbocycles. The van der Waals surface area contributed by atoms with Gasteiger partial charge in [-0.3, -0.25) is 9.67 Å². The third-order valence-electron chi connectivity index (χ3n) is 5.79. The van der Waals surface area contributed by atoms with Crippen LogP contribution in [0, 0.1) is 6.92 Å². The van der Waals surface area contributed by atoms with Gasteiger partial charge in [0.15, 0.2) is 0 Å². The Hall–Kier alpha value is -2.72. The largest absolute Gasteiger partial charge is 0.391 e. The Morgan fingerprint density at radius 1 is 0.675 bits per heavy atom. The lowest BCUT2D eigenvalue weighted by molar-refractivity contribution is 0.109. The lowest BCUT2D eigenvalue weighted by atomic mass is 10.2. The third-order valence-corrected chi connectivity index (χ3v) is 5.79. The summed E-state index contributed by atoms with van der Waals surface area (Å²) in [5, 5.41) is 19.7. The molecular formula is C31H56N8O. The standard InChI is InChI=1S/C5H8N2.C5H11N.C5H5N.C4H9NO.C4H9N.2C4H7N/c1-5-3-6-7(2)4-5;2*1-2-4-6-5-3-1;1-3-6-4-2-5-1;3*1-2-4-5-3-1/h3-4H,1-2H3;6H,1-5H2;1-5H;5H,1-4H2;5H,1-4H2;2*1,3,5H,2,4H2. The zero-order valence-electron chi connectivity index (χ0n) is 25.1. The first-order valence-corrected chi connectivity index (χ1v) is 15.1. The number of pyridine rings is 1. The predicted octanol–water partition coefficient (Wildman–Crippen LogP) is 3.53. The van der Waals surface area contributed by atoms with E-state index in [4.69, 9.17) is 4.74 Å². The van der Waals surface area contributed by atoms with E-state index < -0.39 is 0 Å². The molecule has 0 aliphatic carbocycles. The molecule has 5 aliphatic heterocycles. The fourth-order valence-electron chi connectivity index (χ4n) is 3.63. The van der Waals surface area contributed by atoms with Crippen LogP contribution in [0.4, 0.5) is 0 Å². The van der Waals surface area contributed by atoms with Crippen LogP contribution < -0.4 is 26.6 Å². The van der Waals surface area contributed by atoms with E-state index in [9.17, 15) is 0 Å². The van der Waals surface area contributed by atoms with Gasteiger partial charge in [0.25, 0.3) is 0 Å². The second-order valence-corrected chi connectivity index (χ2v) is 9.64. The molecule has 7 rings (SSSR count). The first kappa shape index (κ1) is 35.3. The number of rotatable bonds is 0. The van der Waals surface area contributed by atoms with E-state index in [1.807, 2.05) is 57.0 Å². The Balaban J connectivity index is 0.000000234. The van der Waals surface area contributed by atoms with Gasteiger partial charge in [-0.25, -0.2) is 0 Å². The molecular weight excluding hydrogens is 500 g/mol. The van der Waals surface area contributed by atoms with E-state index in [1.165, 1.54) is 76.7 Å². The lowest BCUT2D eigenvalue weighted by Crippen LogP contribution is -2.30. The van der Waals surface area contributed by atoms with Crippen LogP contribution in [0.2, 0.25) is 0 Å². The van der Waals surface area contributed by atoms with Crippen molar-refractivity contribution in [3.8, 4) is 0 Å². The van der Waals surface area contributed by atoms with E-state index in [-0.39, 0.29) is 0 Å².